The van der Waals surface area contributed by atoms with Gasteiger partial charge in [-0.3, -0.25) is 4.79 Å². The predicted molar refractivity (Wildman–Crippen MR) is 99.8 cm³/mol. The first kappa shape index (κ1) is 19.0. The summed E-state index contributed by atoms with van der Waals surface area (Å²) in [7, 11) is 2.10. The van der Waals surface area contributed by atoms with Crippen LogP contribution < -0.4 is 0 Å². The van der Waals surface area contributed by atoms with Crippen molar-refractivity contribution in [2.24, 2.45) is 5.92 Å². The molecule has 3 rings (SSSR count). The molecule has 138 valence electrons. The van der Waals surface area contributed by atoms with Crippen molar-refractivity contribution in [3.63, 3.8) is 0 Å². The standard InChI is InChI=1S/C21H22ClF2NO/c1-25-9-7-14(8-10-25)11-15-3-2-4-16(21(15)24)12-20(26)18-6-5-17(23)13-19(18)22/h2-6,13-14H,7-12H2,1H3. The summed E-state index contributed by atoms with van der Waals surface area (Å²) in [5.74, 6) is -0.653. The molecule has 0 atom stereocenters. The number of hydrogen-bond acceptors (Lipinski definition) is 2. The van der Waals surface area contributed by atoms with Gasteiger partial charge in [0.15, 0.2) is 5.78 Å². The number of benzene rings is 2. The topological polar surface area (TPSA) is 20.3 Å². The highest BCUT2D eigenvalue weighted by Crippen LogP contribution is 2.25. The molecule has 5 heteroatoms. The molecule has 0 spiro atoms. The Hall–Kier alpha value is -1.78. The van der Waals surface area contributed by atoms with E-state index in [1.54, 1.807) is 18.2 Å². The summed E-state index contributed by atoms with van der Waals surface area (Å²) in [6.45, 7) is 2.07. The molecular formula is C21H22ClF2NO. The Morgan fingerprint density at radius 2 is 1.85 bits per heavy atom. The van der Waals surface area contributed by atoms with Crippen molar-refractivity contribution in [3.8, 4) is 0 Å². The second-order valence-electron chi connectivity index (χ2n) is 7.07. The first-order chi connectivity index (χ1) is 12.4. The molecule has 1 fully saturated rings. The summed E-state index contributed by atoms with van der Waals surface area (Å²) in [6, 6.07) is 8.85. The van der Waals surface area contributed by atoms with E-state index in [9.17, 15) is 13.6 Å². The predicted octanol–water partition coefficient (Wildman–Crippen LogP) is 4.93. The van der Waals surface area contributed by atoms with Crippen LogP contribution in [-0.4, -0.2) is 30.8 Å². The molecule has 2 aromatic rings. The molecule has 0 aromatic heterocycles. The van der Waals surface area contributed by atoms with Crippen LogP contribution in [0.4, 0.5) is 8.78 Å². The summed E-state index contributed by atoms with van der Waals surface area (Å²) in [5, 5.41) is 0.0536. The van der Waals surface area contributed by atoms with Crippen LogP contribution in [0.2, 0.25) is 5.02 Å². The highest BCUT2D eigenvalue weighted by Gasteiger charge is 2.20. The van der Waals surface area contributed by atoms with E-state index in [0.717, 1.165) is 32.0 Å². The van der Waals surface area contributed by atoms with Gasteiger partial charge in [0.05, 0.1) is 5.02 Å². The van der Waals surface area contributed by atoms with Gasteiger partial charge in [0.1, 0.15) is 11.6 Å². The molecule has 0 saturated carbocycles. The second kappa shape index (κ2) is 8.28. The minimum Gasteiger partial charge on any atom is -0.306 e. The quantitative estimate of drug-likeness (QED) is 0.689. The monoisotopic (exact) mass is 377 g/mol. The highest BCUT2D eigenvalue weighted by molar-refractivity contribution is 6.34. The Kier molecular flexibility index (Phi) is 6.05. The van der Waals surface area contributed by atoms with E-state index in [1.165, 1.54) is 12.1 Å². The summed E-state index contributed by atoms with van der Waals surface area (Å²) >= 11 is 5.94. The first-order valence-corrected chi connectivity index (χ1v) is 9.25. The average Bonchev–Trinajstić information content (AvgIpc) is 2.60. The fourth-order valence-corrected chi connectivity index (χ4v) is 3.76. The van der Waals surface area contributed by atoms with Gasteiger partial charge in [-0.25, -0.2) is 8.78 Å². The van der Waals surface area contributed by atoms with E-state index in [4.69, 9.17) is 11.6 Å². The Morgan fingerprint density at radius 3 is 2.54 bits per heavy atom. The van der Waals surface area contributed by atoms with E-state index < -0.39 is 5.82 Å². The van der Waals surface area contributed by atoms with E-state index in [0.29, 0.717) is 23.5 Å². The smallest absolute Gasteiger partial charge is 0.168 e. The van der Waals surface area contributed by atoms with Crippen LogP contribution in [0.25, 0.3) is 0 Å². The Bertz CT molecular complexity index is 801. The van der Waals surface area contributed by atoms with E-state index in [2.05, 4.69) is 11.9 Å². The van der Waals surface area contributed by atoms with Crippen molar-refractivity contribution >= 4 is 17.4 Å². The lowest BCUT2D eigenvalue weighted by molar-refractivity contribution is 0.0992. The van der Waals surface area contributed by atoms with Crippen molar-refractivity contribution in [3.05, 3.63) is 69.7 Å². The van der Waals surface area contributed by atoms with Crippen LogP contribution in [0.1, 0.15) is 34.3 Å². The van der Waals surface area contributed by atoms with E-state index in [-0.39, 0.29) is 28.6 Å². The molecule has 0 aliphatic carbocycles. The molecule has 0 bridgehead atoms. The Balaban J connectivity index is 1.73. The molecule has 1 aliphatic rings. The number of Topliss-reactive ketones (excluding diaryl/α,β-unsaturated/α-hetero) is 1. The van der Waals surface area contributed by atoms with Crippen LogP contribution >= 0.6 is 11.6 Å². The number of rotatable bonds is 5. The van der Waals surface area contributed by atoms with Crippen LogP contribution in [0.5, 0.6) is 0 Å². The number of halogens is 3. The van der Waals surface area contributed by atoms with Gasteiger partial charge < -0.3 is 4.90 Å². The zero-order chi connectivity index (χ0) is 18.7. The fourth-order valence-electron chi connectivity index (χ4n) is 3.49. The van der Waals surface area contributed by atoms with Crippen molar-refractivity contribution in [2.45, 2.75) is 25.7 Å². The van der Waals surface area contributed by atoms with Gasteiger partial charge in [-0.1, -0.05) is 29.8 Å². The van der Waals surface area contributed by atoms with Crippen LogP contribution in [0, 0.1) is 17.6 Å². The number of carbonyl (C=O) groups excluding carboxylic acids is 1. The number of hydrogen-bond donors (Lipinski definition) is 0. The van der Waals surface area contributed by atoms with Crippen LogP contribution in [0.15, 0.2) is 36.4 Å². The number of carbonyl (C=O) groups is 1. The highest BCUT2D eigenvalue weighted by atomic mass is 35.5. The first-order valence-electron chi connectivity index (χ1n) is 8.87. The molecule has 0 radical (unpaired) electrons. The van der Waals surface area contributed by atoms with Crippen molar-refractivity contribution in [1.82, 2.24) is 4.90 Å². The molecule has 1 saturated heterocycles. The van der Waals surface area contributed by atoms with Gasteiger partial charge in [-0.15, -0.1) is 0 Å². The third-order valence-corrected chi connectivity index (χ3v) is 5.40. The minimum absolute atomic E-state index is 0.0536. The lowest BCUT2D eigenvalue weighted by Gasteiger charge is -2.29. The molecule has 1 aliphatic heterocycles. The molecule has 2 nitrogen and oxygen atoms in total. The van der Waals surface area contributed by atoms with Gasteiger partial charge in [0.2, 0.25) is 0 Å². The van der Waals surface area contributed by atoms with Gasteiger partial charge in [0.25, 0.3) is 0 Å². The maximum absolute atomic E-state index is 14.9. The molecule has 26 heavy (non-hydrogen) atoms. The van der Waals surface area contributed by atoms with E-state index in [1.807, 2.05) is 0 Å². The Labute approximate surface area is 157 Å². The average molecular weight is 378 g/mol. The molecule has 0 unspecified atom stereocenters. The lowest BCUT2D eigenvalue weighted by atomic mass is 9.89. The summed E-state index contributed by atoms with van der Waals surface area (Å²) in [4.78, 5) is 14.7. The number of piperidine rings is 1. The maximum Gasteiger partial charge on any atom is 0.168 e. The third-order valence-electron chi connectivity index (χ3n) is 5.09. The van der Waals surface area contributed by atoms with Gasteiger partial charge in [-0.2, -0.15) is 0 Å². The summed E-state index contributed by atoms with van der Waals surface area (Å²) < 4.78 is 28.0. The normalized spacial score (nSPS) is 16.0. The maximum atomic E-state index is 14.9. The van der Waals surface area contributed by atoms with Crippen molar-refractivity contribution in [2.75, 3.05) is 20.1 Å². The fraction of sp³-hybridized carbons (Fsp3) is 0.381. The molecule has 1 heterocycles. The third kappa shape index (κ3) is 4.49. The van der Waals surface area contributed by atoms with Gasteiger partial charge >= 0.3 is 0 Å². The van der Waals surface area contributed by atoms with Crippen molar-refractivity contribution < 1.29 is 13.6 Å². The Morgan fingerprint density at radius 1 is 1.15 bits per heavy atom. The second-order valence-corrected chi connectivity index (χ2v) is 7.47. The van der Waals surface area contributed by atoms with E-state index >= 15 is 0 Å². The van der Waals surface area contributed by atoms with Crippen LogP contribution in [-0.2, 0) is 12.8 Å². The van der Waals surface area contributed by atoms with Crippen molar-refractivity contribution in [1.29, 1.82) is 0 Å². The van der Waals surface area contributed by atoms with Gasteiger partial charge in [0, 0.05) is 12.0 Å². The molecule has 2 aromatic carbocycles. The molecule has 0 amide bonds. The summed E-state index contributed by atoms with van der Waals surface area (Å²) in [5.41, 5.74) is 1.24. The zero-order valence-corrected chi connectivity index (χ0v) is 15.5. The number of ketones is 1. The number of nitrogens with zero attached hydrogens (tertiary/aromatic N) is 1. The lowest BCUT2D eigenvalue weighted by Crippen LogP contribution is -2.31. The zero-order valence-electron chi connectivity index (χ0n) is 14.8. The molecule has 0 N–H and O–H groups in total. The van der Waals surface area contributed by atoms with Crippen LogP contribution in [0.3, 0.4) is 0 Å². The van der Waals surface area contributed by atoms with Gasteiger partial charge in [-0.05, 0) is 74.6 Å². The number of likely N-dealkylation sites (tertiary alicyclic amines) is 1. The largest absolute Gasteiger partial charge is 0.306 e. The molecular weight excluding hydrogens is 356 g/mol. The SMILES string of the molecule is CN1CCC(Cc2cccc(CC(=O)c3ccc(F)cc3Cl)c2F)CC1. The minimum atomic E-state index is -0.502. The summed E-state index contributed by atoms with van der Waals surface area (Å²) in [6.07, 6.45) is 2.73.